The molecular weight excluding hydrogens is 360 g/mol. The number of aromatic nitrogens is 1. The van der Waals surface area contributed by atoms with E-state index in [0.29, 0.717) is 11.5 Å². The van der Waals surface area contributed by atoms with Crippen LogP contribution in [0.2, 0.25) is 0 Å². The Morgan fingerprint density at radius 3 is 2.52 bits per heavy atom. The number of hydrogen-bond acceptors (Lipinski definition) is 5. The zero-order valence-electron chi connectivity index (χ0n) is 11.8. The van der Waals surface area contributed by atoms with Crippen LogP contribution in [0.3, 0.4) is 0 Å². The van der Waals surface area contributed by atoms with E-state index < -0.39 is 16.6 Å². The van der Waals surface area contributed by atoms with Crippen molar-refractivity contribution in [2.75, 3.05) is 4.72 Å². The Balaban J connectivity index is 2.45. The molecule has 21 heavy (non-hydrogen) atoms. The van der Waals surface area contributed by atoms with E-state index in [2.05, 4.69) is 25.6 Å². The van der Waals surface area contributed by atoms with E-state index in [-0.39, 0.29) is 22.0 Å². The van der Waals surface area contributed by atoms with Gasteiger partial charge in [-0.1, -0.05) is 0 Å². The average molecular weight is 375 g/mol. The van der Waals surface area contributed by atoms with Crippen molar-refractivity contribution < 1.29 is 17.9 Å². The number of anilines is 1. The van der Waals surface area contributed by atoms with Crippen LogP contribution in [0.1, 0.15) is 22.8 Å². The van der Waals surface area contributed by atoms with Crippen molar-refractivity contribution in [2.45, 2.75) is 32.3 Å². The first-order chi connectivity index (χ1) is 9.76. The molecule has 2 N–H and O–H groups in total. The number of nitrogens with zero attached hydrogens (tertiary/aromatic N) is 1. The molecule has 0 amide bonds. The summed E-state index contributed by atoms with van der Waals surface area (Å²) in [6.45, 7) is 4.50. The molecule has 6 nitrogen and oxygen atoms in total. The molecule has 0 bridgehead atoms. The van der Waals surface area contributed by atoms with Crippen LogP contribution < -0.4 is 4.72 Å². The highest BCUT2D eigenvalue weighted by atomic mass is 79.9. The zero-order chi connectivity index (χ0) is 15.8. The van der Waals surface area contributed by atoms with Gasteiger partial charge in [-0.2, -0.15) is 0 Å². The lowest BCUT2D eigenvalue weighted by molar-refractivity contribution is 0.276. The summed E-state index contributed by atoms with van der Waals surface area (Å²) >= 11 is 3.30. The van der Waals surface area contributed by atoms with Crippen molar-refractivity contribution in [3.05, 3.63) is 39.4 Å². The molecule has 0 aliphatic rings. The third kappa shape index (κ3) is 3.12. The fraction of sp³-hybridized carbons (Fsp3) is 0.308. The summed E-state index contributed by atoms with van der Waals surface area (Å²) in [6.07, 6.45) is 0. The smallest absolute Gasteiger partial charge is 0.266 e. The minimum Gasteiger partial charge on any atom is -0.465 e. The molecule has 8 heteroatoms. The molecule has 0 aliphatic carbocycles. The Hall–Kier alpha value is -1.38. The van der Waals surface area contributed by atoms with E-state index in [0.717, 1.165) is 4.47 Å². The van der Waals surface area contributed by atoms with Gasteiger partial charge in [0.05, 0.1) is 12.3 Å². The molecule has 0 spiro atoms. The number of sulfonamides is 1. The monoisotopic (exact) mass is 374 g/mol. The normalized spacial score (nSPS) is 11.7. The number of rotatable bonds is 4. The predicted octanol–water partition coefficient (Wildman–Crippen LogP) is 2.66. The highest BCUT2D eigenvalue weighted by Gasteiger charge is 2.27. The highest BCUT2D eigenvalue weighted by Crippen LogP contribution is 2.28. The Morgan fingerprint density at radius 1 is 1.29 bits per heavy atom. The molecule has 0 fully saturated rings. The molecule has 114 valence electrons. The summed E-state index contributed by atoms with van der Waals surface area (Å²) in [7, 11) is -3.88. The second kappa shape index (κ2) is 5.78. The summed E-state index contributed by atoms with van der Waals surface area (Å²) in [4.78, 5) is 4.11. The van der Waals surface area contributed by atoms with Crippen molar-refractivity contribution in [3.8, 4) is 0 Å². The Labute approximate surface area is 131 Å². The van der Waals surface area contributed by atoms with E-state index in [1.807, 2.05) is 0 Å². The SMILES string of the molecule is Cc1nc(NS(=O)(=O)c2c(C)oc(C)c2CO)ccc1Br. The molecule has 0 aromatic carbocycles. The van der Waals surface area contributed by atoms with Crippen molar-refractivity contribution in [1.82, 2.24) is 4.98 Å². The molecule has 2 aromatic heterocycles. The molecular formula is C13H15BrN2O4S. The maximum Gasteiger partial charge on any atom is 0.266 e. The van der Waals surface area contributed by atoms with Crippen LogP contribution in [0, 0.1) is 20.8 Å². The van der Waals surface area contributed by atoms with Gasteiger partial charge in [0.2, 0.25) is 0 Å². The summed E-state index contributed by atoms with van der Waals surface area (Å²) in [6, 6.07) is 3.26. The van der Waals surface area contributed by atoms with Crippen molar-refractivity contribution in [3.63, 3.8) is 0 Å². The summed E-state index contributed by atoms with van der Waals surface area (Å²) in [5, 5.41) is 9.35. The zero-order valence-corrected chi connectivity index (χ0v) is 14.2. The van der Waals surface area contributed by atoms with Crippen LogP contribution in [-0.2, 0) is 16.6 Å². The number of halogens is 1. The Bertz CT molecular complexity index is 784. The molecule has 0 atom stereocenters. The molecule has 0 aliphatic heterocycles. The largest absolute Gasteiger partial charge is 0.465 e. The lowest BCUT2D eigenvalue weighted by Crippen LogP contribution is -2.16. The molecule has 0 saturated heterocycles. The minimum absolute atomic E-state index is 0.0372. The van der Waals surface area contributed by atoms with E-state index >= 15 is 0 Å². The van der Waals surface area contributed by atoms with Gasteiger partial charge in [0.15, 0.2) is 0 Å². The van der Waals surface area contributed by atoms with Crippen molar-refractivity contribution in [1.29, 1.82) is 0 Å². The van der Waals surface area contributed by atoms with Gasteiger partial charge in [-0.3, -0.25) is 4.72 Å². The third-order valence-corrected chi connectivity index (χ3v) is 5.40. The second-order valence-electron chi connectivity index (χ2n) is 4.55. The Kier molecular flexibility index (Phi) is 4.40. The van der Waals surface area contributed by atoms with Gasteiger partial charge < -0.3 is 9.52 Å². The summed E-state index contributed by atoms with van der Waals surface area (Å²) in [5.41, 5.74) is 0.923. The summed E-state index contributed by atoms with van der Waals surface area (Å²) in [5.74, 6) is 0.825. The number of pyridine rings is 1. The van der Waals surface area contributed by atoms with Gasteiger partial charge >= 0.3 is 0 Å². The topological polar surface area (TPSA) is 92.4 Å². The fourth-order valence-corrected chi connectivity index (χ4v) is 3.70. The molecule has 2 heterocycles. The van der Waals surface area contributed by atoms with Gasteiger partial charge in [-0.15, -0.1) is 0 Å². The lowest BCUT2D eigenvalue weighted by atomic mass is 10.2. The first-order valence-electron chi connectivity index (χ1n) is 6.12. The van der Waals surface area contributed by atoms with Crippen LogP contribution in [0.4, 0.5) is 5.82 Å². The molecule has 0 unspecified atom stereocenters. The van der Waals surface area contributed by atoms with E-state index in [1.54, 1.807) is 32.9 Å². The number of nitrogens with one attached hydrogen (secondary N) is 1. The van der Waals surface area contributed by atoms with Gasteiger partial charge in [0, 0.05) is 10.0 Å². The van der Waals surface area contributed by atoms with E-state index in [9.17, 15) is 13.5 Å². The number of aliphatic hydroxyl groups is 1. The third-order valence-electron chi connectivity index (χ3n) is 3.01. The van der Waals surface area contributed by atoms with Crippen LogP contribution in [-0.4, -0.2) is 18.5 Å². The first-order valence-corrected chi connectivity index (χ1v) is 8.39. The van der Waals surface area contributed by atoms with Crippen LogP contribution in [0.25, 0.3) is 0 Å². The molecule has 2 rings (SSSR count). The maximum absolute atomic E-state index is 12.5. The standard InChI is InChI=1S/C13H15BrN2O4S/c1-7-11(14)4-5-12(15-7)16-21(18,19)13-9(3)20-8(2)10(13)6-17/h4-5,17H,6H2,1-3H3,(H,15,16). The predicted molar refractivity (Wildman–Crippen MR) is 81.6 cm³/mol. The minimum atomic E-state index is -3.88. The number of hydrogen-bond donors (Lipinski definition) is 2. The molecule has 0 saturated carbocycles. The van der Waals surface area contributed by atoms with Crippen molar-refractivity contribution >= 4 is 31.8 Å². The molecule has 0 radical (unpaired) electrons. The van der Waals surface area contributed by atoms with E-state index in [1.165, 1.54) is 0 Å². The number of aryl methyl sites for hydroxylation is 3. The highest BCUT2D eigenvalue weighted by molar-refractivity contribution is 9.10. The summed E-state index contributed by atoms with van der Waals surface area (Å²) < 4.78 is 33.4. The van der Waals surface area contributed by atoms with Crippen molar-refractivity contribution in [2.24, 2.45) is 0 Å². The first kappa shape index (κ1) is 16.0. The molecule has 2 aromatic rings. The van der Waals surface area contributed by atoms with Gasteiger partial charge in [-0.25, -0.2) is 13.4 Å². The van der Waals surface area contributed by atoms with Gasteiger partial charge in [0.1, 0.15) is 22.2 Å². The maximum atomic E-state index is 12.5. The van der Waals surface area contributed by atoms with E-state index in [4.69, 9.17) is 4.42 Å². The lowest BCUT2D eigenvalue weighted by Gasteiger charge is -2.09. The quantitative estimate of drug-likeness (QED) is 0.857. The Morgan fingerprint density at radius 2 is 1.95 bits per heavy atom. The van der Waals surface area contributed by atoms with Crippen LogP contribution in [0.5, 0.6) is 0 Å². The average Bonchev–Trinajstić information content (AvgIpc) is 2.68. The second-order valence-corrected chi connectivity index (χ2v) is 7.02. The van der Waals surface area contributed by atoms with Crippen LogP contribution in [0.15, 0.2) is 25.9 Å². The number of furan rings is 1. The number of aliphatic hydroxyl groups excluding tert-OH is 1. The fourth-order valence-electron chi connectivity index (χ4n) is 2.03. The van der Waals surface area contributed by atoms with Crippen LogP contribution >= 0.6 is 15.9 Å². The van der Waals surface area contributed by atoms with Gasteiger partial charge in [-0.05, 0) is 48.8 Å². The van der Waals surface area contributed by atoms with Gasteiger partial charge in [0.25, 0.3) is 10.0 Å².